The minimum atomic E-state index is -0.282. The fourth-order valence-electron chi connectivity index (χ4n) is 2.43. The molecule has 0 spiro atoms. The van der Waals surface area contributed by atoms with E-state index in [0.29, 0.717) is 25.0 Å². The second-order valence-corrected chi connectivity index (χ2v) is 6.42. The van der Waals surface area contributed by atoms with Crippen molar-refractivity contribution in [3.8, 4) is 0 Å². The largest absolute Gasteiger partial charge is 0.377 e. The highest BCUT2D eigenvalue weighted by Crippen LogP contribution is 2.40. The molecule has 1 unspecified atom stereocenters. The molecule has 2 fully saturated rings. The molecule has 1 aromatic heterocycles. The van der Waals surface area contributed by atoms with Gasteiger partial charge in [0.1, 0.15) is 5.82 Å². The fourth-order valence-corrected chi connectivity index (χ4v) is 3.46. The lowest BCUT2D eigenvalue weighted by Crippen LogP contribution is -2.16. The van der Waals surface area contributed by atoms with Gasteiger partial charge in [0.2, 0.25) is 5.91 Å². The zero-order chi connectivity index (χ0) is 13.9. The molecule has 0 radical (unpaired) electrons. The summed E-state index contributed by atoms with van der Waals surface area (Å²) in [4.78, 5) is 11.0. The Morgan fingerprint density at radius 3 is 2.90 bits per heavy atom. The number of thioether (sulfide) groups is 1. The normalized spacial score (nSPS) is 22.3. The van der Waals surface area contributed by atoms with E-state index < -0.39 is 0 Å². The van der Waals surface area contributed by atoms with Crippen molar-refractivity contribution in [3.63, 3.8) is 0 Å². The van der Waals surface area contributed by atoms with Gasteiger partial charge in [0.05, 0.1) is 6.10 Å². The van der Waals surface area contributed by atoms with Crippen molar-refractivity contribution >= 4 is 17.7 Å². The van der Waals surface area contributed by atoms with Gasteiger partial charge in [-0.25, -0.2) is 0 Å². The van der Waals surface area contributed by atoms with Crippen LogP contribution in [0.15, 0.2) is 5.16 Å². The molecule has 1 saturated heterocycles. The summed E-state index contributed by atoms with van der Waals surface area (Å²) in [6, 6.07) is 0. The number of nitrogens with two attached hydrogens (primary N) is 1. The standard InChI is InChI=1S/C13H20N4O2S/c14-11(18)5-6-17-12(9-3-4-9)15-16-13(17)20-8-10-2-1-7-19-10/h9-10H,1-8H2,(H2,14,18). The number of carbonyl (C=O) groups is 1. The van der Waals surface area contributed by atoms with E-state index in [1.54, 1.807) is 11.8 Å². The van der Waals surface area contributed by atoms with Gasteiger partial charge in [-0.3, -0.25) is 4.79 Å². The van der Waals surface area contributed by atoms with Gasteiger partial charge in [-0.1, -0.05) is 11.8 Å². The number of hydrogen-bond acceptors (Lipinski definition) is 5. The van der Waals surface area contributed by atoms with E-state index in [2.05, 4.69) is 14.8 Å². The first-order valence-electron chi connectivity index (χ1n) is 7.20. The number of hydrogen-bond donors (Lipinski definition) is 1. The Morgan fingerprint density at radius 2 is 2.25 bits per heavy atom. The number of amides is 1. The van der Waals surface area contributed by atoms with Crippen molar-refractivity contribution in [2.24, 2.45) is 5.73 Å². The number of primary amides is 1. The Bertz CT molecular complexity index is 481. The smallest absolute Gasteiger partial charge is 0.219 e. The van der Waals surface area contributed by atoms with Crippen LogP contribution < -0.4 is 5.73 Å². The molecule has 20 heavy (non-hydrogen) atoms. The molecule has 3 rings (SSSR count). The molecule has 2 aliphatic rings. The Morgan fingerprint density at radius 1 is 1.40 bits per heavy atom. The van der Waals surface area contributed by atoms with Crippen molar-refractivity contribution in [2.45, 2.75) is 55.8 Å². The molecule has 1 amide bonds. The summed E-state index contributed by atoms with van der Waals surface area (Å²) < 4.78 is 7.70. The zero-order valence-corrected chi connectivity index (χ0v) is 12.3. The molecule has 1 aliphatic heterocycles. The number of carbonyl (C=O) groups excluding carboxylic acids is 1. The first-order valence-corrected chi connectivity index (χ1v) is 8.18. The van der Waals surface area contributed by atoms with Crippen LogP contribution in [0.25, 0.3) is 0 Å². The Labute approximate surface area is 122 Å². The van der Waals surface area contributed by atoms with E-state index in [9.17, 15) is 4.79 Å². The monoisotopic (exact) mass is 296 g/mol. The summed E-state index contributed by atoms with van der Waals surface area (Å²) in [6.07, 6.45) is 5.28. The summed E-state index contributed by atoms with van der Waals surface area (Å²) in [5, 5.41) is 9.48. The molecule has 0 bridgehead atoms. The molecule has 2 N–H and O–H groups in total. The summed E-state index contributed by atoms with van der Waals surface area (Å²) in [5.74, 6) is 2.16. The van der Waals surface area contributed by atoms with Gasteiger partial charge in [-0.2, -0.15) is 0 Å². The fraction of sp³-hybridized carbons (Fsp3) is 0.769. The molecule has 110 valence electrons. The van der Waals surface area contributed by atoms with Crippen molar-refractivity contribution in [3.05, 3.63) is 5.82 Å². The second kappa shape index (κ2) is 6.13. The van der Waals surface area contributed by atoms with E-state index in [4.69, 9.17) is 10.5 Å². The van der Waals surface area contributed by atoms with E-state index in [0.717, 1.165) is 36.2 Å². The quantitative estimate of drug-likeness (QED) is 0.767. The molecular weight excluding hydrogens is 276 g/mol. The van der Waals surface area contributed by atoms with E-state index in [1.807, 2.05) is 0 Å². The lowest BCUT2D eigenvalue weighted by molar-refractivity contribution is -0.118. The topological polar surface area (TPSA) is 83.0 Å². The van der Waals surface area contributed by atoms with Crippen molar-refractivity contribution < 1.29 is 9.53 Å². The SMILES string of the molecule is NC(=O)CCn1c(SCC2CCCO2)nnc1C1CC1. The molecule has 2 heterocycles. The highest BCUT2D eigenvalue weighted by atomic mass is 32.2. The summed E-state index contributed by atoms with van der Waals surface area (Å²) >= 11 is 1.67. The van der Waals surface area contributed by atoms with Gasteiger partial charge in [0.15, 0.2) is 5.16 Å². The van der Waals surface area contributed by atoms with Gasteiger partial charge < -0.3 is 15.0 Å². The Kier molecular flexibility index (Phi) is 4.26. The van der Waals surface area contributed by atoms with Crippen LogP contribution in [0.2, 0.25) is 0 Å². The van der Waals surface area contributed by atoms with Gasteiger partial charge in [-0.15, -0.1) is 10.2 Å². The molecule has 1 saturated carbocycles. The minimum absolute atomic E-state index is 0.282. The highest BCUT2D eigenvalue weighted by Gasteiger charge is 2.30. The highest BCUT2D eigenvalue weighted by molar-refractivity contribution is 7.99. The summed E-state index contributed by atoms with van der Waals surface area (Å²) in [7, 11) is 0. The van der Waals surface area contributed by atoms with Crippen LogP contribution in [-0.2, 0) is 16.1 Å². The van der Waals surface area contributed by atoms with Crippen LogP contribution in [0.1, 0.15) is 43.8 Å². The molecule has 1 atom stereocenters. The van der Waals surface area contributed by atoms with Crippen LogP contribution >= 0.6 is 11.8 Å². The summed E-state index contributed by atoms with van der Waals surface area (Å²) in [6.45, 7) is 1.45. The van der Waals surface area contributed by atoms with Gasteiger partial charge in [0.25, 0.3) is 0 Å². The molecule has 0 aromatic carbocycles. The van der Waals surface area contributed by atoms with Crippen LogP contribution in [0, 0.1) is 0 Å². The van der Waals surface area contributed by atoms with Crippen LogP contribution in [0.5, 0.6) is 0 Å². The second-order valence-electron chi connectivity index (χ2n) is 5.43. The maximum atomic E-state index is 11.0. The first-order chi connectivity index (χ1) is 9.74. The van der Waals surface area contributed by atoms with E-state index in [-0.39, 0.29) is 5.91 Å². The van der Waals surface area contributed by atoms with Crippen molar-refractivity contribution in [1.82, 2.24) is 14.8 Å². The first kappa shape index (κ1) is 13.9. The van der Waals surface area contributed by atoms with Crippen LogP contribution in [0.4, 0.5) is 0 Å². The average Bonchev–Trinajstić information content (AvgIpc) is 2.99. The zero-order valence-electron chi connectivity index (χ0n) is 11.5. The Balaban J connectivity index is 1.66. The predicted octanol–water partition coefficient (Wildman–Crippen LogP) is 1.30. The number of rotatable bonds is 7. The molecule has 1 aromatic rings. The van der Waals surface area contributed by atoms with E-state index >= 15 is 0 Å². The third kappa shape index (κ3) is 3.32. The van der Waals surface area contributed by atoms with Crippen LogP contribution in [-0.4, -0.2) is 39.1 Å². The Hall–Kier alpha value is -1.08. The number of ether oxygens (including phenoxy) is 1. The van der Waals surface area contributed by atoms with Gasteiger partial charge in [0, 0.05) is 31.2 Å². The lowest BCUT2D eigenvalue weighted by Gasteiger charge is -2.11. The molecule has 1 aliphatic carbocycles. The minimum Gasteiger partial charge on any atom is -0.377 e. The van der Waals surface area contributed by atoms with Gasteiger partial charge >= 0.3 is 0 Å². The molecule has 6 nitrogen and oxygen atoms in total. The maximum Gasteiger partial charge on any atom is 0.219 e. The number of aromatic nitrogens is 3. The third-order valence-electron chi connectivity index (χ3n) is 3.69. The molecular formula is C13H20N4O2S. The summed E-state index contributed by atoms with van der Waals surface area (Å²) in [5.41, 5.74) is 5.25. The molecule has 7 heteroatoms. The van der Waals surface area contributed by atoms with Crippen molar-refractivity contribution in [2.75, 3.05) is 12.4 Å². The maximum absolute atomic E-state index is 11.0. The predicted molar refractivity (Wildman–Crippen MR) is 75.5 cm³/mol. The van der Waals surface area contributed by atoms with E-state index in [1.165, 1.54) is 12.8 Å². The third-order valence-corrected chi connectivity index (χ3v) is 4.79. The van der Waals surface area contributed by atoms with Gasteiger partial charge in [-0.05, 0) is 25.7 Å². The van der Waals surface area contributed by atoms with Crippen LogP contribution in [0.3, 0.4) is 0 Å². The van der Waals surface area contributed by atoms with Crippen molar-refractivity contribution in [1.29, 1.82) is 0 Å². The number of nitrogens with zero attached hydrogens (tertiary/aromatic N) is 3. The average molecular weight is 296 g/mol. The lowest BCUT2D eigenvalue weighted by atomic mass is 10.3.